The standard InChI is InChI=1S/C32H34Cl2N6O2/c1-20(2)39-14-16-40(17-15-39)24-10-8-23(9-11-24)36-32-35-19-26(30(41)37-29-21(3)6-5-7-22(29)4)31(38-32)42-25-12-13-27(33)28(34)18-25/h5-13,18-20H,14-17H2,1-4H3,(H,37,41)(H,35,36,38). The van der Waals surface area contributed by atoms with Crippen LogP contribution in [0.4, 0.5) is 23.0 Å². The molecular formula is C32H34Cl2N6O2. The Bertz CT molecular complexity index is 1550. The third kappa shape index (κ3) is 6.95. The van der Waals surface area contributed by atoms with Gasteiger partial charge in [-0.3, -0.25) is 9.69 Å². The van der Waals surface area contributed by atoms with Gasteiger partial charge in [0.15, 0.2) is 0 Å². The van der Waals surface area contributed by atoms with Crippen LogP contribution in [0, 0.1) is 13.8 Å². The Morgan fingerprint density at radius 1 is 0.929 bits per heavy atom. The van der Waals surface area contributed by atoms with E-state index in [0.29, 0.717) is 21.8 Å². The summed E-state index contributed by atoms with van der Waals surface area (Å²) in [5, 5.41) is 6.93. The molecule has 0 radical (unpaired) electrons. The molecule has 1 aliphatic heterocycles. The zero-order valence-electron chi connectivity index (χ0n) is 24.1. The van der Waals surface area contributed by atoms with Gasteiger partial charge in [0, 0.05) is 61.5 Å². The van der Waals surface area contributed by atoms with Crippen molar-refractivity contribution < 1.29 is 9.53 Å². The van der Waals surface area contributed by atoms with Crippen molar-refractivity contribution in [2.45, 2.75) is 33.7 Å². The van der Waals surface area contributed by atoms with E-state index >= 15 is 0 Å². The molecule has 4 aromatic rings. The van der Waals surface area contributed by atoms with Crippen LogP contribution in [-0.4, -0.2) is 53.0 Å². The van der Waals surface area contributed by atoms with E-state index in [4.69, 9.17) is 27.9 Å². The van der Waals surface area contributed by atoms with Crippen molar-refractivity contribution >= 4 is 52.1 Å². The summed E-state index contributed by atoms with van der Waals surface area (Å²) >= 11 is 12.3. The van der Waals surface area contributed by atoms with Crippen LogP contribution in [0.25, 0.3) is 0 Å². The number of carbonyl (C=O) groups excluding carboxylic acids is 1. The number of halogens is 2. The molecule has 1 aliphatic rings. The molecule has 5 rings (SSSR count). The van der Waals surface area contributed by atoms with Gasteiger partial charge in [0.25, 0.3) is 5.91 Å². The summed E-state index contributed by atoms with van der Waals surface area (Å²) in [5.41, 5.74) is 4.78. The highest BCUT2D eigenvalue weighted by Crippen LogP contribution is 2.32. The van der Waals surface area contributed by atoms with Crippen LogP contribution < -0.4 is 20.3 Å². The molecule has 0 unspecified atom stereocenters. The van der Waals surface area contributed by atoms with Gasteiger partial charge >= 0.3 is 0 Å². The number of amides is 1. The second kappa shape index (κ2) is 13.0. The van der Waals surface area contributed by atoms with Crippen molar-refractivity contribution in [2.24, 2.45) is 0 Å². The highest BCUT2D eigenvalue weighted by Gasteiger charge is 2.21. The van der Waals surface area contributed by atoms with Crippen LogP contribution >= 0.6 is 23.2 Å². The summed E-state index contributed by atoms with van der Waals surface area (Å²) in [7, 11) is 0. The van der Waals surface area contributed by atoms with E-state index in [1.807, 2.05) is 44.2 Å². The molecule has 0 atom stereocenters. The lowest BCUT2D eigenvalue weighted by Crippen LogP contribution is -2.48. The average Bonchev–Trinajstić information content (AvgIpc) is 2.97. The van der Waals surface area contributed by atoms with Crippen molar-refractivity contribution in [3.8, 4) is 11.6 Å². The number of hydrogen-bond donors (Lipinski definition) is 2. The summed E-state index contributed by atoms with van der Waals surface area (Å²) in [6, 6.07) is 19.4. The highest BCUT2D eigenvalue weighted by atomic mass is 35.5. The first-order valence-corrected chi connectivity index (χ1v) is 14.7. The lowest BCUT2D eigenvalue weighted by molar-refractivity contribution is 0.102. The summed E-state index contributed by atoms with van der Waals surface area (Å²) in [6.07, 6.45) is 1.45. The molecule has 0 aliphatic carbocycles. The molecule has 8 nitrogen and oxygen atoms in total. The number of aromatic nitrogens is 2. The van der Waals surface area contributed by atoms with Gasteiger partial charge in [-0.25, -0.2) is 4.98 Å². The van der Waals surface area contributed by atoms with Crippen molar-refractivity contribution in [3.63, 3.8) is 0 Å². The lowest BCUT2D eigenvalue weighted by Gasteiger charge is -2.38. The molecule has 3 aromatic carbocycles. The minimum absolute atomic E-state index is 0.0780. The minimum atomic E-state index is -0.393. The van der Waals surface area contributed by atoms with Crippen molar-refractivity contribution in [2.75, 3.05) is 41.7 Å². The number of piperazine rings is 1. The number of nitrogens with one attached hydrogen (secondary N) is 2. The zero-order chi connectivity index (χ0) is 29.8. The first-order chi connectivity index (χ1) is 20.2. The third-order valence-corrected chi connectivity index (χ3v) is 8.10. The van der Waals surface area contributed by atoms with E-state index in [1.54, 1.807) is 18.2 Å². The molecule has 1 aromatic heterocycles. The van der Waals surface area contributed by atoms with Crippen LogP contribution in [0.3, 0.4) is 0 Å². The molecule has 1 amide bonds. The number of carbonyl (C=O) groups is 1. The second-order valence-corrected chi connectivity index (χ2v) is 11.4. The Morgan fingerprint density at radius 2 is 1.62 bits per heavy atom. The number of para-hydroxylation sites is 1. The summed E-state index contributed by atoms with van der Waals surface area (Å²) < 4.78 is 6.06. The highest BCUT2D eigenvalue weighted by molar-refractivity contribution is 6.42. The molecule has 0 bridgehead atoms. The quantitative estimate of drug-likeness (QED) is 0.213. The van der Waals surface area contributed by atoms with E-state index in [2.05, 4.69) is 56.4 Å². The lowest BCUT2D eigenvalue weighted by atomic mass is 10.1. The topological polar surface area (TPSA) is 82.6 Å². The molecule has 2 N–H and O–H groups in total. The Balaban J connectivity index is 1.37. The van der Waals surface area contributed by atoms with E-state index in [1.165, 1.54) is 11.9 Å². The molecule has 218 valence electrons. The molecule has 0 spiro atoms. The number of benzene rings is 3. The van der Waals surface area contributed by atoms with Crippen molar-refractivity contribution in [1.29, 1.82) is 0 Å². The maximum atomic E-state index is 13.4. The van der Waals surface area contributed by atoms with Gasteiger partial charge < -0.3 is 20.3 Å². The van der Waals surface area contributed by atoms with Gasteiger partial charge in [0.05, 0.1) is 10.0 Å². The second-order valence-electron chi connectivity index (χ2n) is 10.6. The molecular weight excluding hydrogens is 571 g/mol. The Morgan fingerprint density at radius 3 is 2.26 bits per heavy atom. The van der Waals surface area contributed by atoms with Crippen LogP contribution in [-0.2, 0) is 0 Å². The average molecular weight is 606 g/mol. The van der Waals surface area contributed by atoms with Gasteiger partial charge in [-0.1, -0.05) is 41.4 Å². The monoisotopic (exact) mass is 604 g/mol. The van der Waals surface area contributed by atoms with Crippen LogP contribution in [0.1, 0.15) is 35.3 Å². The molecule has 1 fully saturated rings. The van der Waals surface area contributed by atoms with E-state index in [-0.39, 0.29) is 17.4 Å². The molecule has 2 heterocycles. The summed E-state index contributed by atoms with van der Waals surface area (Å²) in [6.45, 7) is 12.5. The SMILES string of the molecule is Cc1cccc(C)c1NC(=O)c1cnc(Nc2ccc(N3CCN(C(C)C)CC3)cc2)nc1Oc1ccc(Cl)c(Cl)c1. The fourth-order valence-electron chi connectivity index (χ4n) is 4.89. The molecule has 0 saturated carbocycles. The molecule has 1 saturated heterocycles. The predicted octanol–water partition coefficient (Wildman–Crippen LogP) is 7.72. The zero-order valence-corrected chi connectivity index (χ0v) is 25.6. The Labute approximate surface area is 256 Å². The van der Waals surface area contributed by atoms with E-state index < -0.39 is 5.91 Å². The van der Waals surface area contributed by atoms with E-state index in [0.717, 1.165) is 48.7 Å². The third-order valence-electron chi connectivity index (χ3n) is 7.36. The maximum absolute atomic E-state index is 13.4. The number of rotatable bonds is 8. The van der Waals surface area contributed by atoms with Crippen LogP contribution in [0.15, 0.2) is 66.9 Å². The smallest absolute Gasteiger partial charge is 0.262 e. The first kappa shape index (κ1) is 29.6. The van der Waals surface area contributed by atoms with Gasteiger partial charge in [-0.2, -0.15) is 4.98 Å². The number of anilines is 4. The summed E-state index contributed by atoms with van der Waals surface area (Å²) in [5.74, 6) is 0.356. The largest absolute Gasteiger partial charge is 0.438 e. The minimum Gasteiger partial charge on any atom is -0.438 e. The molecule has 10 heteroatoms. The fourth-order valence-corrected chi connectivity index (χ4v) is 5.17. The normalized spacial score (nSPS) is 13.7. The van der Waals surface area contributed by atoms with Crippen LogP contribution in [0.2, 0.25) is 10.0 Å². The van der Waals surface area contributed by atoms with Crippen molar-refractivity contribution in [3.05, 3.63) is 93.6 Å². The van der Waals surface area contributed by atoms with Gasteiger partial charge in [-0.05, 0) is 75.2 Å². The number of aryl methyl sites for hydroxylation is 2. The maximum Gasteiger partial charge on any atom is 0.262 e. The Kier molecular flexibility index (Phi) is 9.16. The number of hydrogen-bond acceptors (Lipinski definition) is 7. The van der Waals surface area contributed by atoms with Crippen molar-refractivity contribution in [1.82, 2.24) is 14.9 Å². The summed E-state index contributed by atoms with van der Waals surface area (Å²) in [4.78, 5) is 27.3. The van der Waals surface area contributed by atoms with Gasteiger partial charge in [0.2, 0.25) is 11.8 Å². The molecule has 42 heavy (non-hydrogen) atoms. The number of nitrogens with zero attached hydrogens (tertiary/aromatic N) is 4. The fraction of sp³-hybridized carbons (Fsp3) is 0.281. The van der Waals surface area contributed by atoms with Gasteiger partial charge in [-0.15, -0.1) is 0 Å². The van der Waals surface area contributed by atoms with Gasteiger partial charge in [0.1, 0.15) is 11.3 Å². The number of ether oxygens (including phenoxy) is 1. The Hall–Kier alpha value is -3.85. The van der Waals surface area contributed by atoms with Crippen LogP contribution in [0.5, 0.6) is 11.6 Å². The first-order valence-electron chi connectivity index (χ1n) is 13.9. The predicted molar refractivity (Wildman–Crippen MR) is 171 cm³/mol. The van der Waals surface area contributed by atoms with E-state index in [9.17, 15) is 4.79 Å².